The Labute approximate surface area is 224 Å². The van der Waals surface area contributed by atoms with Gasteiger partial charge in [0.2, 0.25) is 10.0 Å². The fourth-order valence-corrected chi connectivity index (χ4v) is 6.01. The first-order valence-electron chi connectivity index (χ1n) is 11.4. The standard InChI is InChI=1S/C26H26BrClN2O5S/c1-26(2,3)35-25(32)23-16-19(27)6-9-22(23)24(31)29-10-12-30(13-11-29)36(33,34)21-8-5-17-14-20(28)7-4-18(17)15-21/h4-9,14-16H,10-13H2,1-3H3. The molecule has 3 aromatic carbocycles. The Morgan fingerprint density at radius 2 is 1.53 bits per heavy atom. The summed E-state index contributed by atoms with van der Waals surface area (Å²) < 4.78 is 34.1. The molecule has 190 valence electrons. The van der Waals surface area contributed by atoms with Crippen molar-refractivity contribution in [1.29, 1.82) is 0 Å². The number of sulfonamides is 1. The summed E-state index contributed by atoms with van der Waals surface area (Å²) in [5, 5.41) is 2.21. The molecule has 1 aliphatic heterocycles. The molecule has 0 radical (unpaired) electrons. The number of carbonyl (C=O) groups excluding carboxylic acids is 2. The lowest BCUT2D eigenvalue weighted by Gasteiger charge is -2.34. The third-order valence-electron chi connectivity index (χ3n) is 5.77. The number of hydrogen-bond acceptors (Lipinski definition) is 5. The first kappa shape index (κ1) is 26.6. The minimum Gasteiger partial charge on any atom is -0.456 e. The predicted octanol–water partition coefficient (Wildman–Crippen LogP) is 5.36. The number of piperazine rings is 1. The monoisotopic (exact) mass is 592 g/mol. The zero-order valence-electron chi connectivity index (χ0n) is 20.1. The molecule has 1 saturated heterocycles. The summed E-state index contributed by atoms with van der Waals surface area (Å²) in [5.41, 5.74) is -0.332. The van der Waals surface area contributed by atoms with Gasteiger partial charge in [-0.05, 0) is 74.0 Å². The van der Waals surface area contributed by atoms with Crippen molar-refractivity contribution >= 4 is 60.2 Å². The highest BCUT2D eigenvalue weighted by molar-refractivity contribution is 9.10. The molecule has 4 rings (SSSR count). The average molecular weight is 594 g/mol. The summed E-state index contributed by atoms with van der Waals surface area (Å²) in [5.74, 6) is -0.936. The van der Waals surface area contributed by atoms with Crippen LogP contribution in [0.2, 0.25) is 5.02 Å². The number of carbonyl (C=O) groups is 2. The highest BCUT2D eigenvalue weighted by atomic mass is 79.9. The van der Waals surface area contributed by atoms with Gasteiger partial charge in [-0.15, -0.1) is 0 Å². The highest BCUT2D eigenvalue weighted by Gasteiger charge is 2.32. The molecule has 0 aromatic heterocycles. The van der Waals surface area contributed by atoms with Gasteiger partial charge < -0.3 is 9.64 Å². The van der Waals surface area contributed by atoms with Crippen LogP contribution in [0.5, 0.6) is 0 Å². The number of fused-ring (bicyclic) bond motifs is 1. The Hall–Kier alpha value is -2.46. The lowest BCUT2D eigenvalue weighted by molar-refractivity contribution is 0.00664. The normalized spacial score (nSPS) is 15.2. The molecule has 0 unspecified atom stereocenters. The lowest BCUT2D eigenvalue weighted by Crippen LogP contribution is -2.50. The Balaban J connectivity index is 1.51. The first-order valence-corrected chi connectivity index (χ1v) is 14.0. The third-order valence-corrected chi connectivity index (χ3v) is 8.39. The number of ether oxygens (including phenoxy) is 1. The van der Waals surface area contributed by atoms with Crippen LogP contribution < -0.4 is 0 Å². The maximum Gasteiger partial charge on any atom is 0.339 e. The Kier molecular flexibility index (Phi) is 7.48. The van der Waals surface area contributed by atoms with Gasteiger partial charge in [0, 0.05) is 35.7 Å². The van der Waals surface area contributed by atoms with E-state index >= 15 is 0 Å². The van der Waals surface area contributed by atoms with Gasteiger partial charge in [0.1, 0.15) is 5.60 Å². The highest BCUT2D eigenvalue weighted by Crippen LogP contribution is 2.26. The summed E-state index contributed by atoms with van der Waals surface area (Å²) in [7, 11) is -3.74. The van der Waals surface area contributed by atoms with E-state index in [1.165, 1.54) is 4.31 Å². The molecule has 36 heavy (non-hydrogen) atoms. The Morgan fingerprint density at radius 1 is 0.889 bits per heavy atom. The van der Waals surface area contributed by atoms with Crippen LogP contribution in [0.3, 0.4) is 0 Å². The summed E-state index contributed by atoms with van der Waals surface area (Å²) in [6.45, 7) is 5.96. The van der Waals surface area contributed by atoms with Crippen LogP contribution in [-0.4, -0.2) is 61.3 Å². The molecule has 1 heterocycles. The van der Waals surface area contributed by atoms with E-state index in [1.807, 2.05) is 0 Å². The van der Waals surface area contributed by atoms with Crippen molar-refractivity contribution in [3.63, 3.8) is 0 Å². The van der Waals surface area contributed by atoms with Gasteiger partial charge >= 0.3 is 5.97 Å². The third kappa shape index (κ3) is 5.75. The zero-order valence-corrected chi connectivity index (χ0v) is 23.3. The molecule has 0 atom stereocenters. The fourth-order valence-electron chi connectivity index (χ4n) is 4.01. The largest absolute Gasteiger partial charge is 0.456 e. The summed E-state index contributed by atoms with van der Waals surface area (Å²) >= 11 is 9.38. The molecular formula is C26H26BrClN2O5S. The van der Waals surface area contributed by atoms with Crippen LogP contribution in [0, 0.1) is 0 Å². The molecule has 1 fully saturated rings. The predicted molar refractivity (Wildman–Crippen MR) is 143 cm³/mol. The van der Waals surface area contributed by atoms with Gasteiger partial charge in [0.25, 0.3) is 5.91 Å². The minimum atomic E-state index is -3.74. The van der Waals surface area contributed by atoms with Crippen molar-refractivity contribution in [2.24, 2.45) is 0 Å². The lowest BCUT2D eigenvalue weighted by atomic mass is 10.1. The van der Waals surface area contributed by atoms with E-state index in [0.717, 1.165) is 10.8 Å². The number of hydrogen-bond donors (Lipinski definition) is 0. The molecule has 0 N–H and O–H groups in total. The van der Waals surface area contributed by atoms with Crippen LogP contribution >= 0.6 is 27.5 Å². The fraction of sp³-hybridized carbons (Fsp3) is 0.308. The maximum absolute atomic E-state index is 13.3. The smallest absolute Gasteiger partial charge is 0.339 e. The summed E-state index contributed by atoms with van der Waals surface area (Å²) in [6, 6.07) is 15.1. The van der Waals surface area contributed by atoms with Crippen molar-refractivity contribution in [2.45, 2.75) is 31.3 Å². The Morgan fingerprint density at radius 3 is 2.19 bits per heavy atom. The molecule has 10 heteroatoms. The molecular weight excluding hydrogens is 568 g/mol. The number of rotatable bonds is 4. The van der Waals surface area contributed by atoms with Gasteiger partial charge in [-0.1, -0.05) is 39.7 Å². The SMILES string of the molecule is CC(C)(C)OC(=O)c1cc(Br)ccc1C(=O)N1CCN(S(=O)(=O)c2ccc3cc(Cl)ccc3c2)CC1. The van der Waals surface area contributed by atoms with E-state index in [4.69, 9.17) is 16.3 Å². The topological polar surface area (TPSA) is 84.0 Å². The van der Waals surface area contributed by atoms with Gasteiger partial charge in [0.05, 0.1) is 16.0 Å². The second kappa shape index (κ2) is 10.1. The molecule has 1 amide bonds. The van der Waals surface area contributed by atoms with Crippen molar-refractivity contribution in [3.05, 3.63) is 75.2 Å². The number of nitrogens with zero attached hydrogens (tertiary/aromatic N) is 2. The van der Waals surface area contributed by atoms with Crippen LogP contribution in [0.1, 0.15) is 41.5 Å². The van der Waals surface area contributed by atoms with Gasteiger partial charge in [0.15, 0.2) is 0 Å². The number of benzene rings is 3. The van der Waals surface area contributed by atoms with E-state index in [2.05, 4.69) is 15.9 Å². The van der Waals surface area contributed by atoms with Crippen LogP contribution in [0.25, 0.3) is 10.8 Å². The van der Waals surface area contributed by atoms with Gasteiger partial charge in [-0.3, -0.25) is 4.79 Å². The maximum atomic E-state index is 13.3. The second-order valence-electron chi connectivity index (χ2n) is 9.54. The van der Waals surface area contributed by atoms with E-state index in [9.17, 15) is 18.0 Å². The van der Waals surface area contributed by atoms with Crippen molar-refractivity contribution < 1.29 is 22.7 Å². The number of halogens is 2. The van der Waals surface area contributed by atoms with Crippen LogP contribution in [0.15, 0.2) is 64.0 Å². The Bertz CT molecular complexity index is 1440. The molecule has 0 saturated carbocycles. The second-order valence-corrected chi connectivity index (χ2v) is 12.8. The van der Waals surface area contributed by atoms with E-state index < -0.39 is 21.6 Å². The van der Waals surface area contributed by atoms with Gasteiger partial charge in [-0.25, -0.2) is 13.2 Å². The molecule has 7 nitrogen and oxygen atoms in total. The van der Waals surface area contributed by atoms with Gasteiger partial charge in [-0.2, -0.15) is 4.31 Å². The van der Waals surface area contributed by atoms with E-state index in [0.29, 0.717) is 9.50 Å². The van der Waals surface area contributed by atoms with Crippen LogP contribution in [-0.2, 0) is 14.8 Å². The van der Waals surface area contributed by atoms with Crippen molar-refractivity contribution in [1.82, 2.24) is 9.21 Å². The number of amides is 1. The van der Waals surface area contributed by atoms with Crippen LogP contribution in [0.4, 0.5) is 0 Å². The van der Waals surface area contributed by atoms with Crippen molar-refractivity contribution in [3.8, 4) is 0 Å². The molecule has 0 aliphatic carbocycles. The zero-order chi connectivity index (χ0) is 26.3. The molecule has 0 bridgehead atoms. The average Bonchev–Trinajstić information content (AvgIpc) is 2.82. The quantitative estimate of drug-likeness (QED) is 0.381. The molecule has 0 spiro atoms. The van der Waals surface area contributed by atoms with E-state index in [-0.39, 0.29) is 48.1 Å². The summed E-state index contributed by atoms with van der Waals surface area (Å²) in [6.07, 6.45) is 0. The minimum absolute atomic E-state index is 0.144. The number of esters is 1. The van der Waals surface area contributed by atoms with E-state index in [1.54, 1.807) is 80.3 Å². The van der Waals surface area contributed by atoms with Crippen molar-refractivity contribution in [2.75, 3.05) is 26.2 Å². The summed E-state index contributed by atoms with van der Waals surface area (Å²) in [4.78, 5) is 27.8. The molecule has 3 aromatic rings. The first-order chi connectivity index (χ1) is 16.8. The molecule has 1 aliphatic rings.